The molecule has 0 bridgehead atoms. The molecule has 0 saturated carbocycles. The zero-order valence-electron chi connectivity index (χ0n) is 13.6. The van der Waals surface area contributed by atoms with Crippen LogP contribution in [-0.2, 0) is 16.1 Å². The number of carbonyl (C=O) groups excluding carboxylic acids is 2. The standard InChI is InChI=1S/C17H19N3O4/c1-3-11-20-15(21)10-9-14(19-20)17(23)24-12(2)16(22)18-13-7-5-4-6-8-13/h4-10,12H,3,11H2,1-2H3,(H,18,22). The average Bonchev–Trinajstić information content (AvgIpc) is 2.57. The van der Waals surface area contributed by atoms with Crippen LogP contribution in [-0.4, -0.2) is 27.8 Å². The van der Waals surface area contributed by atoms with Crippen LogP contribution in [0.1, 0.15) is 30.8 Å². The molecule has 0 aliphatic carbocycles. The number of hydrogen-bond acceptors (Lipinski definition) is 5. The number of hydrogen-bond donors (Lipinski definition) is 1. The summed E-state index contributed by atoms with van der Waals surface area (Å²) < 4.78 is 6.31. The second kappa shape index (κ2) is 8.05. The van der Waals surface area contributed by atoms with Crippen LogP contribution in [0.15, 0.2) is 47.3 Å². The van der Waals surface area contributed by atoms with Gasteiger partial charge in [0.1, 0.15) is 0 Å². The second-order valence-corrected chi connectivity index (χ2v) is 5.18. The minimum absolute atomic E-state index is 0.0117. The molecule has 1 atom stereocenters. The van der Waals surface area contributed by atoms with Gasteiger partial charge in [-0.05, 0) is 31.5 Å². The largest absolute Gasteiger partial charge is 0.448 e. The van der Waals surface area contributed by atoms with E-state index in [0.717, 1.165) is 0 Å². The molecule has 2 rings (SSSR count). The molecule has 0 aliphatic heterocycles. The molecule has 1 unspecified atom stereocenters. The topological polar surface area (TPSA) is 90.3 Å². The van der Waals surface area contributed by atoms with E-state index in [1.54, 1.807) is 24.3 Å². The highest BCUT2D eigenvalue weighted by atomic mass is 16.5. The third-order valence-electron chi connectivity index (χ3n) is 3.21. The third-order valence-corrected chi connectivity index (χ3v) is 3.21. The fourth-order valence-corrected chi connectivity index (χ4v) is 1.97. The number of nitrogens with one attached hydrogen (secondary N) is 1. The number of rotatable bonds is 6. The van der Waals surface area contributed by atoms with Crippen molar-refractivity contribution in [2.75, 3.05) is 5.32 Å². The summed E-state index contributed by atoms with van der Waals surface area (Å²) in [6.45, 7) is 3.78. The Balaban J connectivity index is 2.02. The number of benzene rings is 1. The van der Waals surface area contributed by atoms with E-state index in [1.165, 1.54) is 23.7 Å². The van der Waals surface area contributed by atoms with E-state index in [0.29, 0.717) is 18.7 Å². The zero-order chi connectivity index (χ0) is 17.5. The van der Waals surface area contributed by atoms with Gasteiger partial charge in [-0.1, -0.05) is 25.1 Å². The molecule has 7 nitrogen and oxygen atoms in total. The summed E-state index contributed by atoms with van der Waals surface area (Å²) in [5.41, 5.74) is 0.311. The lowest BCUT2D eigenvalue weighted by Gasteiger charge is -2.13. The molecule has 1 N–H and O–H groups in total. The molecule has 1 heterocycles. The summed E-state index contributed by atoms with van der Waals surface area (Å²) in [7, 11) is 0. The number of para-hydroxylation sites is 1. The monoisotopic (exact) mass is 329 g/mol. The Labute approximate surface area is 139 Å². The molecular formula is C17H19N3O4. The first-order valence-corrected chi connectivity index (χ1v) is 7.66. The van der Waals surface area contributed by atoms with Crippen molar-refractivity contribution in [1.29, 1.82) is 0 Å². The Morgan fingerprint density at radius 1 is 1.21 bits per heavy atom. The summed E-state index contributed by atoms with van der Waals surface area (Å²) in [5, 5.41) is 6.60. The average molecular weight is 329 g/mol. The maximum Gasteiger partial charge on any atom is 0.359 e. The van der Waals surface area contributed by atoms with Gasteiger partial charge >= 0.3 is 5.97 Å². The molecule has 24 heavy (non-hydrogen) atoms. The molecule has 1 amide bonds. The lowest BCUT2D eigenvalue weighted by atomic mass is 10.3. The maximum atomic E-state index is 12.1. The molecule has 0 aliphatic rings. The predicted octanol–water partition coefficient (Wildman–Crippen LogP) is 1.84. The fourth-order valence-electron chi connectivity index (χ4n) is 1.97. The molecule has 2 aromatic rings. The number of carbonyl (C=O) groups is 2. The van der Waals surface area contributed by atoms with Crippen LogP contribution in [0.5, 0.6) is 0 Å². The van der Waals surface area contributed by atoms with Crippen molar-refractivity contribution >= 4 is 17.6 Å². The Morgan fingerprint density at radius 3 is 2.58 bits per heavy atom. The van der Waals surface area contributed by atoms with Gasteiger partial charge < -0.3 is 10.1 Å². The first-order chi connectivity index (χ1) is 11.5. The highest BCUT2D eigenvalue weighted by molar-refractivity contribution is 5.96. The molecule has 0 saturated heterocycles. The summed E-state index contributed by atoms with van der Waals surface area (Å²) in [6.07, 6.45) is -0.285. The van der Waals surface area contributed by atoms with Crippen LogP contribution in [0, 0.1) is 0 Å². The number of amides is 1. The summed E-state index contributed by atoms with van der Waals surface area (Å²) >= 11 is 0. The molecule has 7 heteroatoms. The van der Waals surface area contributed by atoms with E-state index in [2.05, 4.69) is 10.4 Å². The van der Waals surface area contributed by atoms with Crippen molar-refractivity contribution in [3.05, 3.63) is 58.5 Å². The van der Waals surface area contributed by atoms with Crippen LogP contribution in [0.25, 0.3) is 0 Å². The molecule has 0 fully saturated rings. The third kappa shape index (κ3) is 4.52. The van der Waals surface area contributed by atoms with Crippen LogP contribution >= 0.6 is 0 Å². The van der Waals surface area contributed by atoms with Crippen molar-refractivity contribution in [1.82, 2.24) is 9.78 Å². The molecule has 1 aromatic heterocycles. The summed E-state index contributed by atoms with van der Waals surface area (Å²) in [4.78, 5) is 35.7. The molecule has 0 radical (unpaired) electrons. The minimum atomic E-state index is -0.994. The van der Waals surface area contributed by atoms with E-state index in [1.807, 2.05) is 13.0 Å². The Morgan fingerprint density at radius 2 is 1.92 bits per heavy atom. The van der Waals surface area contributed by atoms with E-state index in [-0.39, 0.29) is 11.3 Å². The van der Waals surface area contributed by atoms with Gasteiger partial charge in [-0.15, -0.1) is 0 Å². The van der Waals surface area contributed by atoms with Gasteiger partial charge in [0.05, 0.1) is 0 Å². The van der Waals surface area contributed by atoms with E-state index in [9.17, 15) is 14.4 Å². The van der Waals surface area contributed by atoms with Gasteiger partial charge in [0.2, 0.25) is 0 Å². The number of anilines is 1. The minimum Gasteiger partial charge on any atom is -0.448 e. The number of aromatic nitrogens is 2. The lowest BCUT2D eigenvalue weighted by Crippen LogP contribution is -2.31. The van der Waals surface area contributed by atoms with Crippen molar-refractivity contribution < 1.29 is 14.3 Å². The molecular weight excluding hydrogens is 310 g/mol. The second-order valence-electron chi connectivity index (χ2n) is 5.18. The fraction of sp³-hybridized carbons (Fsp3) is 0.294. The van der Waals surface area contributed by atoms with Crippen molar-refractivity contribution in [2.24, 2.45) is 0 Å². The Hall–Kier alpha value is -2.96. The van der Waals surface area contributed by atoms with E-state index >= 15 is 0 Å². The van der Waals surface area contributed by atoms with Gasteiger partial charge in [-0.3, -0.25) is 9.59 Å². The smallest absolute Gasteiger partial charge is 0.359 e. The quantitative estimate of drug-likeness (QED) is 0.817. The SMILES string of the molecule is CCCn1nc(C(=O)OC(C)C(=O)Nc2ccccc2)ccc1=O. The van der Waals surface area contributed by atoms with Crippen LogP contribution in [0.3, 0.4) is 0 Å². The van der Waals surface area contributed by atoms with Gasteiger partial charge in [-0.25, -0.2) is 9.48 Å². The molecule has 0 spiro atoms. The first-order valence-electron chi connectivity index (χ1n) is 7.66. The Kier molecular flexibility index (Phi) is 5.83. The van der Waals surface area contributed by atoms with Crippen molar-refractivity contribution in [3.63, 3.8) is 0 Å². The van der Waals surface area contributed by atoms with E-state index < -0.39 is 18.0 Å². The van der Waals surface area contributed by atoms with Crippen LogP contribution in [0.2, 0.25) is 0 Å². The summed E-state index contributed by atoms with van der Waals surface area (Å²) in [5.74, 6) is -1.20. The predicted molar refractivity (Wildman–Crippen MR) is 88.7 cm³/mol. The maximum absolute atomic E-state index is 12.1. The van der Waals surface area contributed by atoms with Gasteiger partial charge in [0.15, 0.2) is 11.8 Å². The zero-order valence-corrected chi connectivity index (χ0v) is 13.6. The Bertz CT molecular complexity index is 771. The van der Waals surface area contributed by atoms with Crippen molar-refractivity contribution in [2.45, 2.75) is 32.9 Å². The van der Waals surface area contributed by atoms with E-state index in [4.69, 9.17) is 4.74 Å². The highest BCUT2D eigenvalue weighted by Crippen LogP contribution is 2.07. The molecule has 1 aromatic carbocycles. The first kappa shape index (κ1) is 17.4. The number of ether oxygens (including phenoxy) is 1. The highest BCUT2D eigenvalue weighted by Gasteiger charge is 2.20. The van der Waals surface area contributed by atoms with Crippen molar-refractivity contribution in [3.8, 4) is 0 Å². The number of esters is 1. The number of aryl methyl sites for hydroxylation is 1. The number of nitrogens with zero attached hydrogens (tertiary/aromatic N) is 2. The lowest BCUT2D eigenvalue weighted by molar-refractivity contribution is -0.123. The summed E-state index contributed by atoms with van der Waals surface area (Å²) in [6, 6.07) is 11.4. The van der Waals surface area contributed by atoms with Gasteiger partial charge in [0.25, 0.3) is 11.5 Å². The van der Waals surface area contributed by atoms with Gasteiger partial charge in [-0.2, -0.15) is 5.10 Å². The molecule has 126 valence electrons. The van der Waals surface area contributed by atoms with Crippen LogP contribution < -0.4 is 10.9 Å². The normalized spacial score (nSPS) is 11.6. The van der Waals surface area contributed by atoms with Crippen LogP contribution in [0.4, 0.5) is 5.69 Å². The van der Waals surface area contributed by atoms with Gasteiger partial charge in [0, 0.05) is 18.3 Å².